The van der Waals surface area contributed by atoms with E-state index in [1.54, 1.807) is 24.6 Å². The van der Waals surface area contributed by atoms with Gasteiger partial charge in [-0.25, -0.2) is 0 Å². The van der Waals surface area contributed by atoms with Crippen LogP contribution in [0.5, 0.6) is 17.2 Å². The zero-order valence-electron chi connectivity index (χ0n) is 37.5. The summed E-state index contributed by atoms with van der Waals surface area (Å²) >= 11 is 0. The molecular formula is C53H82N2O3. The van der Waals surface area contributed by atoms with Gasteiger partial charge in [0.1, 0.15) is 17.2 Å². The predicted octanol–water partition coefficient (Wildman–Crippen LogP) is 16.6. The van der Waals surface area contributed by atoms with Gasteiger partial charge in [0, 0.05) is 29.6 Å². The van der Waals surface area contributed by atoms with Crippen molar-refractivity contribution in [1.29, 1.82) is 0 Å². The van der Waals surface area contributed by atoms with E-state index in [2.05, 4.69) is 32.9 Å². The summed E-state index contributed by atoms with van der Waals surface area (Å²) in [6, 6.07) is 15.7. The molecule has 3 aromatic rings. The number of ether oxygens (including phenoxy) is 1. The summed E-state index contributed by atoms with van der Waals surface area (Å²) < 4.78 is 6.00. The highest BCUT2D eigenvalue weighted by atomic mass is 16.5. The van der Waals surface area contributed by atoms with Gasteiger partial charge in [-0.1, -0.05) is 175 Å². The molecule has 0 spiro atoms. The standard InChI is InChI=1S/C53H82N2O3/c1-5-8-11-14-17-20-22-25-28-31-45-39-50(54-42-47-34-33-44(4)38-52(47)56)51(40-46(45)32-29-26-23-21-18-15-12-9-6-2)55-43-48-35-36-49(41-53(48)57)58-37-30-27-24-19-16-13-10-7-3/h33-36,38-43,56-57H,5-32,37H2,1-4H3/b54-42+,55-43+. The summed E-state index contributed by atoms with van der Waals surface area (Å²) in [6.07, 6.45) is 39.2. The molecule has 58 heavy (non-hydrogen) atoms. The summed E-state index contributed by atoms with van der Waals surface area (Å²) in [6.45, 7) is 9.46. The van der Waals surface area contributed by atoms with Crippen LogP contribution in [0.15, 0.2) is 58.5 Å². The number of phenolic OH excluding ortho intramolecular Hbond substituents is 2. The van der Waals surface area contributed by atoms with E-state index in [4.69, 9.17) is 14.7 Å². The largest absolute Gasteiger partial charge is 0.507 e. The highest BCUT2D eigenvalue weighted by Crippen LogP contribution is 2.35. The number of unbranched alkanes of at least 4 members (excludes halogenated alkanes) is 23. The van der Waals surface area contributed by atoms with Crippen LogP contribution < -0.4 is 4.74 Å². The van der Waals surface area contributed by atoms with Gasteiger partial charge in [0.15, 0.2) is 0 Å². The summed E-state index contributed by atoms with van der Waals surface area (Å²) in [4.78, 5) is 9.94. The van der Waals surface area contributed by atoms with E-state index in [-0.39, 0.29) is 11.5 Å². The minimum Gasteiger partial charge on any atom is -0.507 e. The van der Waals surface area contributed by atoms with Gasteiger partial charge in [-0.15, -0.1) is 0 Å². The number of aromatic hydroxyl groups is 2. The average Bonchev–Trinajstić information content (AvgIpc) is 3.22. The van der Waals surface area contributed by atoms with Gasteiger partial charge in [0.05, 0.1) is 18.0 Å². The highest BCUT2D eigenvalue weighted by molar-refractivity contribution is 5.90. The molecule has 0 aromatic heterocycles. The first-order valence-corrected chi connectivity index (χ1v) is 23.9. The van der Waals surface area contributed by atoms with Crippen LogP contribution in [0.1, 0.15) is 216 Å². The maximum absolute atomic E-state index is 11.0. The lowest BCUT2D eigenvalue weighted by atomic mass is 9.94. The smallest absolute Gasteiger partial charge is 0.128 e. The van der Waals surface area contributed by atoms with Crippen LogP contribution in [0.25, 0.3) is 0 Å². The zero-order valence-corrected chi connectivity index (χ0v) is 37.5. The average molecular weight is 795 g/mol. The maximum Gasteiger partial charge on any atom is 0.128 e. The Balaban J connectivity index is 1.77. The quantitative estimate of drug-likeness (QED) is 0.0467. The molecule has 0 unspecified atom stereocenters. The van der Waals surface area contributed by atoms with Crippen LogP contribution in [-0.4, -0.2) is 29.2 Å². The molecule has 2 N–H and O–H groups in total. The highest BCUT2D eigenvalue weighted by Gasteiger charge is 2.12. The van der Waals surface area contributed by atoms with Gasteiger partial charge in [-0.05, 0) is 92.1 Å². The fourth-order valence-electron chi connectivity index (χ4n) is 7.78. The second-order valence-corrected chi connectivity index (χ2v) is 16.9. The Morgan fingerprint density at radius 3 is 1.24 bits per heavy atom. The van der Waals surface area contributed by atoms with Crippen molar-refractivity contribution in [3.63, 3.8) is 0 Å². The van der Waals surface area contributed by atoms with Crippen molar-refractivity contribution in [2.24, 2.45) is 9.98 Å². The van der Waals surface area contributed by atoms with Crippen molar-refractivity contribution >= 4 is 23.8 Å². The number of hydrogen-bond acceptors (Lipinski definition) is 5. The van der Waals surface area contributed by atoms with Crippen molar-refractivity contribution < 1.29 is 14.9 Å². The summed E-state index contributed by atoms with van der Waals surface area (Å²) in [5.74, 6) is 1.06. The molecule has 0 amide bonds. The molecular weight excluding hydrogens is 713 g/mol. The van der Waals surface area contributed by atoms with Crippen LogP contribution in [0.2, 0.25) is 0 Å². The molecule has 3 rings (SSSR count). The zero-order chi connectivity index (χ0) is 41.5. The Hall–Kier alpha value is -3.60. The van der Waals surface area contributed by atoms with Gasteiger partial charge >= 0.3 is 0 Å². The van der Waals surface area contributed by atoms with Gasteiger partial charge < -0.3 is 14.9 Å². The lowest BCUT2D eigenvalue weighted by Gasteiger charge is -2.14. The second-order valence-electron chi connectivity index (χ2n) is 16.9. The molecule has 0 heterocycles. The van der Waals surface area contributed by atoms with Gasteiger partial charge in [0.25, 0.3) is 0 Å². The van der Waals surface area contributed by atoms with Gasteiger partial charge in [0.2, 0.25) is 0 Å². The molecule has 0 bridgehead atoms. The van der Waals surface area contributed by atoms with E-state index in [0.717, 1.165) is 36.2 Å². The number of nitrogens with zero attached hydrogens (tertiary/aromatic N) is 2. The summed E-state index contributed by atoms with van der Waals surface area (Å²) in [5.41, 5.74) is 6.61. The molecule has 0 aliphatic rings. The van der Waals surface area contributed by atoms with Crippen LogP contribution >= 0.6 is 0 Å². The molecule has 3 aromatic carbocycles. The first-order chi connectivity index (χ1) is 28.4. The maximum atomic E-state index is 11.0. The van der Waals surface area contributed by atoms with E-state index < -0.39 is 0 Å². The molecule has 322 valence electrons. The Kier molecular flexibility index (Phi) is 26.4. The SMILES string of the molecule is CCCCCCCCCCCc1cc(/N=C/c2ccc(C)cc2O)c(/N=C/c2ccc(OCCCCCCCCCC)cc2O)cc1CCCCCCCCCCC. The fourth-order valence-corrected chi connectivity index (χ4v) is 7.78. The monoisotopic (exact) mass is 795 g/mol. The molecule has 0 saturated carbocycles. The van der Waals surface area contributed by atoms with Crippen molar-refractivity contribution in [1.82, 2.24) is 0 Å². The van der Waals surface area contributed by atoms with E-state index >= 15 is 0 Å². The van der Waals surface area contributed by atoms with Gasteiger partial charge in [-0.3, -0.25) is 9.98 Å². The molecule has 0 fully saturated rings. The van der Waals surface area contributed by atoms with Crippen LogP contribution in [0, 0.1) is 6.92 Å². The van der Waals surface area contributed by atoms with Crippen molar-refractivity contribution in [3.8, 4) is 17.2 Å². The second kappa shape index (κ2) is 31.3. The lowest BCUT2D eigenvalue weighted by Crippen LogP contribution is -1.98. The van der Waals surface area contributed by atoms with E-state index in [0.29, 0.717) is 23.5 Å². The minimum absolute atomic E-state index is 0.156. The Bertz CT molecular complexity index is 1580. The molecule has 5 heteroatoms. The van der Waals surface area contributed by atoms with E-state index in [1.165, 1.54) is 172 Å². The van der Waals surface area contributed by atoms with Crippen LogP contribution in [0.3, 0.4) is 0 Å². The first-order valence-electron chi connectivity index (χ1n) is 23.9. The summed E-state index contributed by atoms with van der Waals surface area (Å²) in [5, 5.41) is 21.7. The van der Waals surface area contributed by atoms with E-state index in [9.17, 15) is 10.2 Å². The third kappa shape index (κ3) is 20.9. The van der Waals surface area contributed by atoms with Gasteiger partial charge in [-0.2, -0.15) is 0 Å². The number of phenols is 2. The third-order valence-corrected chi connectivity index (χ3v) is 11.5. The van der Waals surface area contributed by atoms with Crippen molar-refractivity contribution in [2.45, 2.75) is 207 Å². The van der Waals surface area contributed by atoms with Crippen molar-refractivity contribution in [3.05, 3.63) is 76.3 Å². The molecule has 0 aliphatic carbocycles. The normalized spacial score (nSPS) is 11.7. The van der Waals surface area contributed by atoms with Crippen LogP contribution in [0.4, 0.5) is 11.4 Å². The first kappa shape index (κ1) is 48.8. The Labute approximate surface area is 355 Å². The number of aryl methyl sites for hydroxylation is 3. The molecule has 0 radical (unpaired) electrons. The minimum atomic E-state index is 0.156. The number of rotatable bonds is 34. The molecule has 0 saturated heterocycles. The summed E-state index contributed by atoms with van der Waals surface area (Å²) in [7, 11) is 0. The number of benzene rings is 3. The van der Waals surface area contributed by atoms with Crippen molar-refractivity contribution in [2.75, 3.05) is 6.61 Å². The number of aliphatic imine (C=N–C) groups is 2. The fraction of sp³-hybridized carbons (Fsp3) is 0.623. The Morgan fingerprint density at radius 2 is 0.828 bits per heavy atom. The number of hydrogen-bond donors (Lipinski definition) is 2. The predicted molar refractivity (Wildman–Crippen MR) is 252 cm³/mol. The topological polar surface area (TPSA) is 74.4 Å². The molecule has 5 nitrogen and oxygen atoms in total. The molecule has 0 atom stereocenters. The Morgan fingerprint density at radius 1 is 0.448 bits per heavy atom. The third-order valence-electron chi connectivity index (χ3n) is 11.5. The van der Waals surface area contributed by atoms with Crippen LogP contribution in [-0.2, 0) is 12.8 Å². The molecule has 0 aliphatic heterocycles. The lowest BCUT2D eigenvalue weighted by molar-refractivity contribution is 0.302. The van der Waals surface area contributed by atoms with E-state index in [1.807, 2.05) is 31.2 Å².